The fraction of sp³-hybridized carbons (Fsp3) is 0.536. The SMILES string of the molecule is C[C@H]1C[C@@H](N)[C@H](O)[C@@H](O[C@@H]2O[C@H](CO)[C@@H](O[C@H]3O[C@H]4CCC(c5ccccc5)O[C@H]4[C@H](O)[C@H]3NC(=O)OCc3ccccc3)[C@H]2O)[C@@H]1O[C@H]1O[C@@H]2COC(c3ccccc3)C[C@H]2[C@H](O)[C@H]1NC(=O)OCc1ccccc1. The molecule has 0 bridgehead atoms. The van der Waals surface area contributed by atoms with Gasteiger partial charge in [-0.3, -0.25) is 0 Å². The highest BCUT2D eigenvalue weighted by molar-refractivity contribution is 5.68. The number of hydrogen-bond acceptors (Lipinski definition) is 18. The average Bonchev–Trinajstić information content (AvgIpc) is 3.74. The minimum atomic E-state index is -1.67. The van der Waals surface area contributed by atoms with Gasteiger partial charge in [0.05, 0.1) is 55.9 Å². The largest absolute Gasteiger partial charge is 0.445 e. The highest BCUT2D eigenvalue weighted by atomic mass is 16.8. The minimum Gasteiger partial charge on any atom is -0.445 e. The first-order valence-electron chi connectivity index (χ1n) is 26.2. The van der Waals surface area contributed by atoms with Crippen molar-refractivity contribution < 1.29 is 82.5 Å². The second kappa shape index (κ2) is 24.7. The summed E-state index contributed by atoms with van der Waals surface area (Å²) in [7, 11) is 0. The molecule has 21 atom stereocenters. The zero-order valence-corrected chi connectivity index (χ0v) is 42.0. The van der Waals surface area contributed by atoms with Crippen LogP contribution in [-0.4, -0.2) is 155 Å². The molecule has 0 aromatic heterocycles. The third-order valence-electron chi connectivity index (χ3n) is 15.5. The summed E-state index contributed by atoms with van der Waals surface area (Å²) in [6.45, 7) is 1.14. The van der Waals surface area contributed by atoms with E-state index in [0.717, 1.165) is 22.3 Å². The Hall–Kier alpha value is -5.14. The maximum Gasteiger partial charge on any atom is 0.407 e. The fourth-order valence-electron chi connectivity index (χ4n) is 11.5. The van der Waals surface area contributed by atoms with Crippen LogP contribution >= 0.6 is 0 Å². The molecule has 5 saturated heterocycles. The zero-order chi connectivity index (χ0) is 52.9. The number of carbonyl (C=O) groups is 2. The predicted molar refractivity (Wildman–Crippen MR) is 267 cm³/mol. The van der Waals surface area contributed by atoms with Gasteiger partial charge in [0.15, 0.2) is 18.9 Å². The third-order valence-corrected chi connectivity index (χ3v) is 15.5. The maximum atomic E-state index is 13.6. The molecular weight excluding hydrogens is 987 g/mol. The second-order valence-electron chi connectivity index (χ2n) is 20.6. The zero-order valence-electron chi connectivity index (χ0n) is 42.0. The summed E-state index contributed by atoms with van der Waals surface area (Å²) in [5.74, 6) is -0.955. The molecule has 5 aliphatic heterocycles. The number of benzene rings is 4. The summed E-state index contributed by atoms with van der Waals surface area (Å²) in [6, 6.07) is 34.0. The van der Waals surface area contributed by atoms with E-state index in [2.05, 4.69) is 10.6 Å². The highest BCUT2D eigenvalue weighted by Gasteiger charge is 2.57. The number of carbonyl (C=O) groups excluding carboxylic acids is 2. The van der Waals surface area contributed by atoms with Crippen LogP contribution in [0.3, 0.4) is 0 Å². The molecule has 410 valence electrons. The molecule has 1 aliphatic carbocycles. The first-order valence-corrected chi connectivity index (χ1v) is 26.2. The molecule has 0 spiro atoms. The molecule has 2 amide bonds. The molecule has 4 aromatic rings. The lowest BCUT2D eigenvalue weighted by Gasteiger charge is -2.50. The number of fused-ring (bicyclic) bond motifs is 2. The summed E-state index contributed by atoms with van der Waals surface area (Å²) < 4.78 is 62.8. The number of aliphatic hydroxyl groups is 5. The van der Waals surface area contributed by atoms with E-state index in [4.69, 9.17) is 53.1 Å². The van der Waals surface area contributed by atoms with Crippen LogP contribution in [-0.2, 0) is 60.6 Å². The van der Waals surface area contributed by atoms with Gasteiger partial charge in [-0.25, -0.2) is 9.59 Å². The summed E-state index contributed by atoms with van der Waals surface area (Å²) >= 11 is 0. The number of nitrogens with two attached hydrogens (primary N) is 1. The van der Waals surface area contributed by atoms with Crippen LogP contribution in [0, 0.1) is 11.8 Å². The summed E-state index contributed by atoms with van der Waals surface area (Å²) in [5, 5.41) is 64.4. The molecule has 2 unspecified atom stereocenters. The minimum absolute atomic E-state index is 0.0443. The van der Waals surface area contributed by atoms with E-state index in [1.165, 1.54) is 0 Å². The third kappa shape index (κ3) is 12.3. The van der Waals surface area contributed by atoms with Crippen LogP contribution in [0.15, 0.2) is 121 Å². The van der Waals surface area contributed by atoms with Gasteiger partial charge in [0.2, 0.25) is 0 Å². The van der Waals surface area contributed by atoms with Gasteiger partial charge < -0.3 is 89.3 Å². The molecule has 9 N–H and O–H groups in total. The lowest BCUT2D eigenvalue weighted by atomic mass is 9.79. The molecule has 0 radical (unpaired) electrons. The van der Waals surface area contributed by atoms with Gasteiger partial charge >= 0.3 is 12.2 Å². The van der Waals surface area contributed by atoms with E-state index < -0.39 is 135 Å². The molecule has 10 rings (SSSR count). The lowest BCUT2D eigenvalue weighted by Crippen LogP contribution is -2.67. The monoisotopic (exact) mass is 1060 g/mol. The van der Waals surface area contributed by atoms with Crippen LogP contribution in [0.5, 0.6) is 0 Å². The standard InChI is InChI=1S/C56H69N3O17/c1-30-24-36(57)45(62)51(48(30)74-52-42(58-55(65)68-27-31-14-6-2-7-15-31)44(61)35-25-39(67-29-41(35)73-52)34-20-12-5-13-21-34)76-54-47(64)50(40(26-60)72-54)75-53-43(59-56(66)69-28-32-16-8-3-9-17-32)46(63)49-38(71-53)23-22-37(70-49)33-18-10-4-11-19-33/h2-21,30,35-54,60-64H,22-29,57H2,1H3,(H,58,65)(H,59,66)/t30-,35+,36+,37?,38-,39?,40+,41+,42+,43+,44-,45-,46+,47+,48+,49+,50+,51+,52+,53+,54-/m0/s1. The van der Waals surface area contributed by atoms with Crippen LogP contribution < -0.4 is 16.4 Å². The van der Waals surface area contributed by atoms with E-state index in [-0.39, 0.29) is 38.4 Å². The first kappa shape index (κ1) is 54.2. The van der Waals surface area contributed by atoms with Crippen molar-refractivity contribution in [3.63, 3.8) is 0 Å². The molecule has 76 heavy (non-hydrogen) atoms. The molecule has 20 nitrogen and oxygen atoms in total. The molecule has 1 saturated carbocycles. The Morgan fingerprint density at radius 3 is 1.70 bits per heavy atom. The summed E-state index contributed by atoms with van der Waals surface area (Å²) in [5.41, 5.74) is 9.84. The molecule has 6 fully saturated rings. The maximum absolute atomic E-state index is 13.6. The molecule has 20 heteroatoms. The molecule has 5 heterocycles. The number of nitrogens with one attached hydrogen (secondary N) is 2. The van der Waals surface area contributed by atoms with Gasteiger partial charge in [0, 0.05) is 12.0 Å². The fourth-order valence-corrected chi connectivity index (χ4v) is 11.5. The Balaban J connectivity index is 0.860. The Bertz CT molecular complexity index is 2470. The van der Waals surface area contributed by atoms with Crippen molar-refractivity contribution in [3.8, 4) is 0 Å². The number of ether oxygens (including phenoxy) is 10. The number of aliphatic hydroxyl groups excluding tert-OH is 5. The van der Waals surface area contributed by atoms with Crippen molar-refractivity contribution >= 4 is 12.2 Å². The molecule has 6 aliphatic rings. The van der Waals surface area contributed by atoms with Crippen molar-refractivity contribution in [2.24, 2.45) is 17.6 Å². The van der Waals surface area contributed by atoms with E-state index >= 15 is 0 Å². The van der Waals surface area contributed by atoms with Crippen molar-refractivity contribution in [2.45, 2.75) is 162 Å². The van der Waals surface area contributed by atoms with E-state index in [0.29, 0.717) is 19.3 Å². The van der Waals surface area contributed by atoms with Gasteiger partial charge in [-0.1, -0.05) is 128 Å². The predicted octanol–water partition coefficient (Wildman–Crippen LogP) is 3.41. The normalized spacial score (nSPS) is 38.2. The number of alkyl carbamates (subject to hydrolysis) is 2. The quantitative estimate of drug-likeness (QED) is 0.0847. The van der Waals surface area contributed by atoms with Crippen molar-refractivity contribution in [3.05, 3.63) is 144 Å². The van der Waals surface area contributed by atoms with Crippen LogP contribution in [0.2, 0.25) is 0 Å². The summed E-state index contributed by atoms with van der Waals surface area (Å²) in [6.07, 6.45) is -18.2. The van der Waals surface area contributed by atoms with E-state index in [9.17, 15) is 35.1 Å². The van der Waals surface area contributed by atoms with Gasteiger partial charge in [-0.15, -0.1) is 0 Å². The topological polar surface area (TPSA) is 278 Å². The molecular formula is C56H69N3O17. The van der Waals surface area contributed by atoms with Gasteiger partial charge in [-0.05, 0) is 53.9 Å². The Morgan fingerprint density at radius 2 is 1.11 bits per heavy atom. The second-order valence-corrected chi connectivity index (χ2v) is 20.6. The number of amides is 2. The van der Waals surface area contributed by atoms with E-state index in [1.54, 1.807) is 12.1 Å². The Labute approximate surface area is 440 Å². The Morgan fingerprint density at radius 1 is 0.579 bits per heavy atom. The van der Waals surface area contributed by atoms with Crippen LogP contribution in [0.1, 0.15) is 67.1 Å². The average molecular weight is 1060 g/mol. The number of rotatable bonds is 15. The van der Waals surface area contributed by atoms with Crippen molar-refractivity contribution in [2.75, 3.05) is 13.2 Å². The molecule has 4 aromatic carbocycles. The lowest BCUT2D eigenvalue weighted by molar-refractivity contribution is -0.321. The van der Waals surface area contributed by atoms with Crippen LogP contribution in [0.25, 0.3) is 0 Å². The number of hydrogen-bond donors (Lipinski definition) is 8. The van der Waals surface area contributed by atoms with Gasteiger partial charge in [0.1, 0.15) is 61.9 Å². The highest BCUT2D eigenvalue weighted by Crippen LogP contribution is 2.43. The van der Waals surface area contributed by atoms with Gasteiger partial charge in [0.25, 0.3) is 0 Å². The first-order chi connectivity index (χ1) is 36.9. The van der Waals surface area contributed by atoms with Crippen molar-refractivity contribution in [1.29, 1.82) is 0 Å². The smallest absolute Gasteiger partial charge is 0.407 e. The van der Waals surface area contributed by atoms with E-state index in [1.807, 2.05) is 116 Å². The van der Waals surface area contributed by atoms with Crippen LogP contribution in [0.4, 0.5) is 9.59 Å². The van der Waals surface area contributed by atoms with Crippen molar-refractivity contribution in [1.82, 2.24) is 10.6 Å². The van der Waals surface area contributed by atoms with Gasteiger partial charge in [-0.2, -0.15) is 0 Å². The Kier molecular flexibility index (Phi) is 17.6. The summed E-state index contributed by atoms with van der Waals surface area (Å²) in [4.78, 5) is 27.0.